The summed E-state index contributed by atoms with van der Waals surface area (Å²) in [4.78, 5) is 18.7. The number of piperidine rings is 1. The molecule has 1 aromatic carbocycles. The molecule has 2 aromatic rings. The summed E-state index contributed by atoms with van der Waals surface area (Å²) < 4.78 is 11.4. The first-order chi connectivity index (χ1) is 15.7. The second kappa shape index (κ2) is 13.4. The average molecular weight is 442 g/mol. The lowest BCUT2D eigenvalue weighted by Crippen LogP contribution is -2.39. The van der Waals surface area contributed by atoms with Gasteiger partial charge in [0.2, 0.25) is 5.91 Å². The molecule has 176 valence electrons. The van der Waals surface area contributed by atoms with Crippen molar-refractivity contribution in [3.63, 3.8) is 0 Å². The van der Waals surface area contributed by atoms with Gasteiger partial charge in [0.05, 0.1) is 6.61 Å². The molecule has 0 spiro atoms. The zero-order chi connectivity index (χ0) is 22.6. The van der Waals surface area contributed by atoms with Crippen LogP contribution in [0.3, 0.4) is 0 Å². The molecule has 3 rings (SSSR count). The van der Waals surface area contributed by atoms with E-state index in [4.69, 9.17) is 9.47 Å². The number of unbranched alkanes of at least 4 members (excludes halogenated alkanes) is 2. The number of ether oxygens (including phenoxy) is 2. The van der Waals surface area contributed by atoms with Gasteiger partial charge in [-0.2, -0.15) is 0 Å². The van der Waals surface area contributed by atoms with Crippen molar-refractivity contribution in [3.05, 3.63) is 36.0 Å². The number of carbonyl (C=O) groups excluding carboxylic acids is 1. The predicted molar refractivity (Wildman–Crippen MR) is 129 cm³/mol. The second-order valence-corrected chi connectivity index (χ2v) is 8.73. The Bertz CT molecular complexity index is 834. The second-order valence-electron chi connectivity index (χ2n) is 8.73. The SMILES string of the molecule is CCCCCc1cc(OC2CCN(CCCNC(=O)CCOC)CC2)c2ncccc2c1. The molecule has 0 bridgehead atoms. The highest BCUT2D eigenvalue weighted by molar-refractivity contribution is 5.85. The van der Waals surface area contributed by atoms with Gasteiger partial charge in [-0.05, 0) is 62.4 Å². The van der Waals surface area contributed by atoms with Crippen molar-refractivity contribution >= 4 is 16.8 Å². The number of carbonyl (C=O) groups is 1. The summed E-state index contributed by atoms with van der Waals surface area (Å²) in [5.74, 6) is 1.00. The molecule has 1 N–H and O–H groups in total. The number of aryl methyl sites for hydroxylation is 1. The van der Waals surface area contributed by atoms with Crippen molar-refractivity contribution < 1.29 is 14.3 Å². The molecule has 1 aliphatic heterocycles. The first-order valence-electron chi connectivity index (χ1n) is 12.2. The minimum Gasteiger partial charge on any atom is -0.488 e. The number of nitrogens with one attached hydrogen (secondary N) is 1. The molecule has 0 atom stereocenters. The van der Waals surface area contributed by atoms with E-state index in [1.807, 2.05) is 12.3 Å². The number of hydrogen-bond donors (Lipinski definition) is 1. The zero-order valence-electron chi connectivity index (χ0n) is 19.8. The smallest absolute Gasteiger partial charge is 0.222 e. The van der Waals surface area contributed by atoms with Crippen molar-refractivity contribution in [1.29, 1.82) is 0 Å². The van der Waals surface area contributed by atoms with E-state index in [2.05, 4.69) is 40.3 Å². The molecule has 1 amide bonds. The monoisotopic (exact) mass is 441 g/mol. The first kappa shape index (κ1) is 24.5. The van der Waals surface area contributed by atoms with E-state index >= 15 is 0 Å². The molecule has 1 saturated heterocycles. The normalized spacial score (nSPS) is 15.2. The van der Waals surface area contributed by atoms with E-state index < -0.39 is 0 Å². The molecule has 0 unspecified atom stereocenters. The molecule has 2 heterocycles. The Morgan fingerprint density at radius 1 is 1.22 bits per heavy atom. The van der Waals surface area contributed by atoms with Crippen molar-refractivity contribution in [1.82, 2.24) is 15.2 Å². The number of methoxy groups -OCH3 is 1. The van der Waals surface area contributed by atoms with E-state index in [0.717, 1.165) is 63.1 Å². The van der Waals surface area contributed by atoms with Gasteiger partial charge in [0.1, 0.15) is 17.4 Å². The molecule has 1 aromatic heterocycles. The fraction of sp³-hybridized carbons (Fsp3) is 0.615. The summed E-state index contributed by atoms with van der Waals surface area (Å²) in [6.07, 6.45) is 10.3. The fourth-order valence-corrected chi connectivity index (χ4v) is 4.28. The molecule has 6 nitrogen and oxygen atoms in total. The molecular formula is C26H39N3O3. The number of nitrogens with zero attached hydrogens (tertiary/aromatic N) is 2. The summed E-state index contributed by atoms with van der Waals surface area (Å²) in [7, 11) is 1.61. The highest BCUT2D eigenvalue weighted by atomic mass is 16.5. The summed E-state index contributed by atoms with van der Waals surface area (Å²) >= 11 is 0. The standard InChI is InChI=1S/C26H39N3O3/c1-3-4-5-8-21-19-22-9-6-13-28-26(22)24(20-21)32-23-10-16-29(17-11-23)15-7-14-27-25(30)12-18-31-2/h6,9,13,19-20,23H,3-5,7-8,10-12,14-18H2,1-2H3,(H,27,30). The van der Waals surface area contributed by atoms with Gasteiger partial charge >= 0.3 is 0 Å². The average Bonchev–Trinajstić information content (AvgIpc) is 2.82. The number of benzene rings is 1. The Hall–Kier alpha value is -2.18. The lowest BCUT2D eigenvalue weighted by atomic mass is 10.0. The van der Waals surface area contributed by atoms with Gasteiger partial charge in [-0.25, -0.2) is 0 Å². The van der Waals surface area contributed by atoms with Gasteiger partial charge in [-0.1, -0.05) is 25.8 Å². The molecule has 0 radical (unpaired) electrons. The highest BCUT2D eigenvalue weighted by Gasteiger charge is 2.21. The van der Waals surface area contributed by atoms with Gasteiger partial charge in [-0.3, -0.25) is 9.78 Å². The van der Waals surface area contributed by atoms with Crippen LogP contribution >= 0.6 is 0 Å². The molecule has 0 saturated carbocycles. The van der Waals surface area contributed by atoms with Crippen molar-refractivity contribution in [3.8, 4) is 5.75 Å². The van der Waals surface area contributed by atoms with E-state index in [9.17, 15) is 4.79 Å². The Labute approximate surface area is 192 Å². The Morgan fingerprint density at radius 3 is 2.84 bits per heavy atom. The summed E-state index contributed by atoms with van der Waals surface area (Å²) in [6.45, 7) is 6.51. The van der Waals surface area contributed by atoms with Crippen LogP contribution < -0.4 is 10.1 Å². The van der Waals surface area contributed by atoms with Crippen LogP contribution in [0.2, 0.25) is 0 Å². The van der Waals surface area contributed by atoms with E-state index in [0.29, 0.717) is 13.0 Å². The highest BCUT2D eigenvalue weighted by Crippen LogP contribution is 2.29. The van der Waals surface area contributed by atoms with Gasteiger partial charge in [0, 0.05) is 44.7 Å². The number of aromatic nitrogens is 1. The molecule has 1 aliphatic rings. The van der Waals surface area contributed by atoms with Gasteiger partial charge in [0.25, 0.3) is 0 Å². The molecular weight excluding hydrogens is 402 g/mol. The molecule has 1 fully saturated rings. The van der Waals surface area contributed by atoms with Gasteiger partial charge in [0.15, 0.2) is 0 Å². The van der Waals surface area contributed by atoms with Crippen LogP contribution in [0.1, 0.15) is 57.4 Å². The minimum atomic E-state index is 0.0664. The van der Waals surface area contributed by atoms with Crippen molar-refractivity contribution in [2.24, 2.45) is 0 Å². The summed E-state index contributed by atoms with van der Waals surface area (Å²) in [5.41, 5.74) is 2.32. The van der Waals surface area contributed by atoms with Crippen LogP contribution in [-0.2, 0) is 16.0 Å². The third-order valence-electron chi connectivity index (χ3n) is 6.13. The zero-order valence-corrected chi connectivity index (χ0v) is 19.8. The summed E-state index contributed by atoms with van der Waals surface area (Å²) in [6, 6.07) is 8.61. The van der Waals surface area contributed by atoms with Crippen LogP contribution in [-0.4, -0.2) is 61.8 Å². The minimum absolute atomic E-state index is 0.0664. The Kier molecular flexibility index (Phi) is 10.2. The van der Waals surface area contributed by atoms with Crippen molar-refractivity contribution in [2.75, 3.05) is 39.9 Å². The van der Waals surface area contributed by atoms with Crippen LogP contribution in [0.5, 0.6) is 5.75 Å². The topological polar surface area (TPSA) is 63.7 Å². The molecule has 0 aliphatic carbocycles. The first-order valence-corrected chi connectivity index (χ1v) is 12.2. The number of hydrogen-bond acceptors (Lipinski definition) is 5. The lowest BCUT2D eigenvalue weighted by Gasteiger charge is -2.32. The number of pyridine rings is 1. The molecule has 32 heavy (non-hydrogen) atoms. The maximum atomic E-state index is 11.6. The number of likely N-dealkylation sites (tertiary alicyclic amines) is 1. The predicted octanol–water partition coefficient (Wildman–Crippen LogP) is 4.35. The van der Waals surface area contributed by atoms with E-state index in [-0.39, 0.29) is 12.0 Å². The number of amides is 1. The summed E-state index contributed by atoms with van der Waals surface area (Å²) in [5, 5.41) is 4.13. The van der Waals surface area contributed by atoms with Crippen LogP contribution in [0, 0.1) is 0 Å². The Morgan fingerprint density at radius 2 is 2.06 bits per heavy atom. The largest absolute Gasteiger partial charge is 0.488 e. The number of fused-ring (bicyclic) bond motifs is 1. The van der Waals surface area contributed by atoms with E-state index in [1.54, 1.807) is 7.11 Å². The Balaban J connectivity index is 1.46. The van der Waals surface area contributed by atoms with Crippen LogP contribution in [0.25, 0.3) is 10.9 Å². The van der Waals surface area contributed by atoms with Gasteiger partial charge < -0.3 is 19.7 Å². The quantitative estimate of drug-likeness (QED) is 0.468. The lowest BCUT2D eigenvalue weighted by molar-refractivity contribution is -0.121. The van der Waals surface area contributed by atoms with Crippen molar-refractivity contribution in [2.45, 2.75) is 64.4 Å². The fourth-order valence-electron chi connectivity index (χ4n) is 4.28. The van der Waals surface area contributed by atoms with Crippen LogP contribution in [0.15, 0.2) is 30.5 Å². The van der Waals surface area contributed by atoms with E-state index in [1.165, 1.54) is 30.2 Å². The van der Waals surface area contributed by atoms with Crippen LogP contribution in [0.4, 0.5) is 0 Å². The maximum Gasteiger partial charge on any atom is 0.222 e. The maximum absolute atomic E-state index is 11.6. The van der Waals surface area contributed by atoms with Gasteiger partial charge in [-0.15, -0.1) is 0 Å². The number of rotatable bonds is 13. The third kappa shape index (κ3) is 7.75. The molecule has 6 heteroatoms. The third-order valence-corrected chi connectivity index (χ3v) is 6.13.